The van der Waals surface area contributed by atoms with Gasteiger partial charge in [-0.05, 0) is 37.1 Å². The summed E-state index contributed by atoms with van der Waals surface area (Å²) in [5, 5.41) is 5.82. The number of aromatic nitrogens is 1. The molecule has 5 heteroatoms. The molecule has 1 aromatic heterocycles. The van der Waals surface area contributed by atoms with Gasteiger partial charge in [-0.2, -0.15) is 0 Å². The van der Waals surface area contributed by atoms with Crippen molar-refractivity contribution in [2.75, 3.05) is 5.32 Å². The molecule has 0 radical (unpaired) electrons. The Bertz CT molecular complexity index is 964. The highest BCUT2D eigenvalue weighted by atomic mass is 32.1. The smallest absolute Gasteiger partial charge is 0.239 e. The predicted octanol–water partition coefficient (Wildman–Crippen LogP) is 4.38. The topological polar surface area (TPSA) is 42.0 Å². The number of hydrogen-bond donors (Lipinski definition) is 1. The summed E-state index contributed by atoms with van der Waals surface area (Å²) in [6.45, 7) is 3.96. The molecule has 1 amide bonds. The van der Waals surface area contributed by atoms with E-state index >= 15 is 0 Å². The van der Waals surface area contributed by atoms with Gasteiger partial charge in [-0.1, -0.05) is 35.9 Å². The third-order valence-electron chi connectivity index (χ3n) is 4.73. The Kier molecular flexibility index (Phi) is 3.69. The fourth-order valence-corrected chi connectivity index (χ4v) is 4.12. The fourth-order valence-electron chi connectivity index (χ4n) is 3.51. The molecule has 0 fully saturated rings. The van der Waals surface area contributed by atoms with Crippen LogP contribution in [0.25, 0.3) is 0 Å². The number of halogens is 1. The van der Waals surface area contributed by atoms with Crippen LogP contribution in [-0.2, 0) is 16.6 Å². The molecule has 1 unspecified atom stereocenters. The number of anilines is 1. The number of benzene rings is 2. The van der Waals surface area contributed by atoms with Gasteiger partial charge in [0.25, 0.3) is 0 Å². The van der Waals surface area contributed by atoms with Gasteiger partial charge < -0.3 is 5.32 Å². The van der Waals surface area contributed by atoms with Gasteiger partial charge >= 0.3 is 0 Å². The maximum absolute atomic E-state index is 13.7. The lowest BCUT2D eigenvalue weighted by atomic mass is 9.72. The number of aryl methyl sites for hydroxylation is 2. The summed E-state index contributed by atoms with van der Waals surface area (Å²) in [5.41, 5.74) is 3.34. The number of carbonyl (C=O) groups is 1. The molecule has 0 bridgehead atoms. The lowest BCUT2D eigenvalue weighted by molar-refractivity contribution is -0.119. The zero-order valence-corrected chi connectivity index (χ0v) is 14.8. The number of nitrogens with zero attached hydrogens (tertiary/aromatic N) is 1. The molecule has 1 atom stereocenters. The van der Waals surface area contributed by atoms with Gasteiger partial charge in [0.15, 0.2) is 0 Å². The first-order valence-electron chi connectivity index (χ1n) is 8.09. The second-order valence-corrected chi connectivity index (χ2v) is 7.51. The molecule has 2 heterocycles. The van der Waals surface area contributed by atoms with Crippen molar-refractivity contribution < 1.29 is 9.18 Å². The molecule has 3 nitrogen and oxygen atoms in total. The van der Waals surface area contributed by atoms with Gasteiger partial charge in [-0.15, -0.1) is 11.3 Å². The zero-order chi connectivity index (χ0) is 17.6. The van der Waals surface area contributed by atoms with Crippen molar-refractivity contribution in [2.24, 2.45) is 0 Å². The van der Waals surface area contributed by atoms with Gasteiger partial charge in [0.05, 0.1) is 10.7 Å². The maximum Gasteiger partial charge on any atom is 0.239 e. The lowest BCUT2D eigenvalue weighted by Gasteiger charge is -2.27. The van der Waals surface area contributed by atoms with E-state index in [0.717, 1.165) is 27.4 Å². The quantitative estimate of drug-likeness (QED) is 0.760. The molecule has 1 aliphatic rings. The summed E-state index contributed by atoms with van der Waals surface area (Å²) in [5.74, 6) is -0.495. The number of rotatable bonds is 3. The van der Waals surface area contributed by atoms with Crippen molar-refractivity contribution in [1.82, 2.24) is 4.98 Å². The highest BCUT2D eigenvalue weighted by Crippen LogP contribution is 2.45. The number of amides is 1. The second-order valence-electron chi connectivity index (χ2n) is 6.45. The van der Waals surface area contributed by atoms with Crippen LogP contribution < -0.4 is 5.32 Å². The van der Waals surface area contributed by atoms with Crippen molar-refractivity contribution in [2.45, 2.75) is 25.7 Å². The highest BCUT2D eigenvalue weighted by molar-refractivity contribution is 7.09. The van der Waals surface area contributed by atoms with Crippen LogP contribution in [0.4, 0.5) is 10.1 Å². The third kappa shape index (κ3) is 2.55. The van der Waals surface area contributed by atoms with Crippen molar-refractivity contribution in [3.63, 3.8) is 0 Å². The minimum Gasteiger partial charge on any atom is -0.325 e. The van der Waals surface area contributed by atoms with Gasteiger partial charge in [0.2, 0.25) is 5.91 Å². The van der Waals surface area contributed by atoms with Crippen LogP contribution >= 0.6 is 11.3 Å². The van der Waals surface area contributed by atoms with Crippen LogP contribution in [0.3, 0.4) is 0 Å². The Morgan fingerprint density at radius 2 is 1.92 bits per heavy atom. The Morgan fingerprint density at radius 1 is 1.16 bits per heavy atom. The van der Waals surface area contributed by atoms with E-state index in [1.54, 1.807) is 17.4 Å². The summed E-state index contributed by atoms with van der Waals surface area (Å²) in [4.78, 5) is 17.7. The van der Waals surface area contributed by atoms with Crippen LogP contribution in [0.15, 0.2) is 47.8 Å². The first-order valence-corrected chi connectivity index (χ1v) is 8.96. The zero-order valence-electron chi connectivity index (χ0n) is 14.0. The first kappa shape index (κ1) is 16.0. The fraction of sp³-hybridized carbons (Fsp3) is 0.200. The molecular weight excluding hydrogens is 335 g/mol. The summed E-state index contributed by atoms with van der Waals surface area (Å²) in [6, 6.07) is 12.5. The maximum atomic E-state index is 13.7. The minimum atomic E-state index is -0.892. The van der Waals surface area contributed by atoms with E-state index in [-0.39, 0.29) is 11.7 Å². The molecule has 2 aromatic carbocycles. The Morgan fingerprint density at radius 3 is 2.60 bits per heavy atom. The monoisotopic (exact) mass is 352 g/mol. The molecule has 4 rings (SSSR count). The number of hydrogen-bond acceptors (Lipinski definition) is 3. The Labute approximate surface area is 149 Å². The summed E-state index contributed by atoms with van der Waals surface area (Å²) in [7, 11) is 0. The molecular formula is C20H17FN2OS. The van der Waals surface area contributed by atoms with E-state index in [2.05, 4.69) is 10.3 Å². The normalized spacial score (nSPS) is 18.9. The number of carbonyl (C=O) groups excluding carboxylic acids is 1. The van der Waals surface area contributed by atoms with Crippen LogP contribution in [0.1, 0.15) is 27.4 Å². The SMILES string of the molecule is Cc1ccc(C2(Cc3csc(C)n3)C(=O)Nc3cc(F)ccc32)cc1. The standard InChI is InChI=1S/C20H17FN2OS/c1-12-3-5-14(6-4-12)20(10-16-11-25-13(2)22-16)17-8-7-15(21)9-18(17)23-19(20)24/h3-9,11H,10H2,1-2H3,(H,23,24). The molecule has 0 saturated carbocycles. The molecule has 0 saturated heterocycles. The second kappa shape index (κ2) is 5.77. The minimum absolute atomic E-state index is 0.136. The third-order valence-corrected chi connectivity index (χ3v) is 5.56. The number of fused-ring (bicyclic) bond motifs is 1. The molecule has 25 heavy (non-hydrogen) atoms. The van der Waals surface area contributed by atoms with E-state index in [9.17, 15) is 9.18 Å². The van der Waals surface area contributed by atoms with Crippen molar-refractivity contribution >= 4 is 22.9 Å². The largest absolute Gasteiger partial charge is 0.325 e. The van der Waals surface area contributed by atoms with Gasteiger partial charge in [0.1, 0.15) is 11.2 Å². The Balaban J connectivity index is 1.93. The summed E-state index contributed by atoms with van der Waals surface area (Å²) in [6.07, 6.45) is 0.449. The predicted molar refractivity (Wildman–Crippen MR) is 97.5 cm³/mol. The average Bonchev–Trinajstić information content (AvgIpc) is 3.10. The van der Waals surface area contributed by atoms with E-state index in [0.29, 0.717) is 12.1 Å². The van der Waals surface area contributed by atoms with E-state index in [1.807, 2.05) is 43.5 Å². The van der Waals surface area contributed by atoms with Crippen LogP contribution in [0.5, 0.6) is 0 Å². The lowest BCUT2D eigenvalue weighted by Crippen LogP contribution is -2.38. The number of thiazole rings is 1. The summed E-state index contributed by atoms with van der Waals surface area (Å²) < 4.78 is 13.7. The molecule has 1 aliphatic heterocycles. The van der Waals surface area contributed by atoms with Crippen LogP contribution in [-0.4, -0.2) is 10.9 Å². The van der Waals surface area contributed by atoms with Crippen molar-refractivity contribution in [1.29, 1.82) is 0 Å². The Hall–Kier alpha value is -2.53. The molecule has 0 spiro atoms. The average molecular weight is 352 g/mol. The number of nitrogens with one attached hydrogen (secondary N) is 1. The molecule has 3 aromatic rings. The first-order chi connectivity index (χ1) is 12.0. The van der Waals surface area contributed by atoms with Crippen LogP contribution in [0.2, 0.25) is 0 Å². The van der Waals surface area contributed by atoms with Gasteiger partial charge in [0, 0.05) is 17.5 Å². The van der Waals surface area contributed by atoms with E-state index in [4.69, 9.17) is 0 Å². The van der Waals surface area contributed by atoms with Gasteiger partial charge in [-0.25, -0.2) is 9.37 Å². The summed E-state index contributed by atoms with van der Waals surface area (Å²) >= 11 is 1.57. The molecule has 1 N–H and O–H groups in total. The van der Waals surface area contributed by atoms with Gasteiger partial charge in [-0.3, -0.25) is 4.79 Å². The molecule has 0 aliphatic carbocycles. The van der Waals surface area contributed by atoms with E-state index < -0.39 is 5.41 Å². The van der Waals surface area contributed by atoms with E-state index in [1.165, 1.54) is 12.1 Å². The molecule has 126 valence electrons. The highest BCUT2D eigenvalue weighted by Gasteiger charge is 2.48. The van der Waals surface area contributed by atoms with Crippen molar-refractivity contribution in [3.05, 3.63) is 81.1 Å². The van der Waals surface area contributed by atoms with Crippen LogP contribution in [0, 0.1) is 19.7 Å². The van der Waals surface area contributed by atoms with Crippen molar-refractivity contribution in [3.8, 4) is 0 Å².